The Labute approximate surface area is 94.0 Å². The van der Waals surface area contributed by atoms with Gasteiger partial charge in [-0.15, -0.1) is 0 Å². The van der Waals surface area contributed by atoms with Gasteiger partial charge in [0.2, 0.25) is 0 Å². The van der Waals surface area contributed by atoms with E-state index < -0.39 is 0 Å². The molecular weight excluding hydrogens is 264 g/mol. The lowest BCUT2D eigenvalue weighted by Gasteiger charge is -2.04. The highest BCUT2D eigenvalue weighted by molar-refractivity contribution is 9.10. The van der Waals surface area contributed by atoms with E-state index in [-0.39, 0.29) is 5.48 Å². The van der Waals surface area contributed by atoms with Crippen molar-refractivity contribution < 1.29 is 5.48 Å². The van der Waals surface area contributed by atoms with Crippen LogP contribution in [-0.2, 0) is 0 Å². The largest absolute Gasteiger partial charge is 0.412 e. The highest BCUT2D eigenvalue weighted by Gasteiger charge is 2.10. The van der Waals surface area contributed by atoms with Crippen LogP contribution < -0.4 is 16.7 Å². The molecule has 0 unspecified atom stereocenters. The van der Waals surface area contributed by atoms with Crippen molar-refractivity contribution in [1.29, 1.82) is 0 Å². The second-order valence-corrected chi connectivity index (χ2v) is 3.51. The normalized spacial score (nSPS) is 9.80. The molecule has 8 heteroatoms. The van der Waals surface area contributed by atoms with Gasteiger partial charge in [0, 0.05) is 13.2 Å². The van der Waals surface area contributed by atoms with Crippen LogP contribution in [0.15, 0.2) is 16.9 Å². The molecule has 0 atom stereocenters. The van der Waals surface area contributed by atoms with Gasteiger partial charge in [0.15, 0.2) is 0 Å². The number of aromatic nitrogens is 3. The maximum atomic E-state index is 5.31. The Morgan fingerprint density at radius 1 is 1.47 bits per heavy atom. The Hall–Kier alpha value is -1.38. The molecule has 0 saturated heterocycles. The maximum absolute atomic E-state index is 5.31. The molecule has 0 fully saturated rings. The van der Waals surface area contributed by atoms with Crippen molar-refractivity contribution in [2.45, 2.75) is 0 Å². The van der Waals surface area contributed by atoms with Crippen molar-refractivity contribution in [3.63, 3.8) is 0 Å². The van der Waals surface area contributed by atoms with Crippen LogP contribution in [-0.4, -0.2) is 27.4 Å². The van der Waals surface area contributed by atoms with Crippen LogP contribution in [0, 0.1) is 0 Å². The van der Waals surface area contributed by atoms with Crippen LogP contribution in [0.4, 0.5) is 5.82 Å². The second kappa shape index (κ2) is 4.43. The fourth-order valence-electron chi connectivity index (χ4n) is 1.30. The third-order valence-corrected chi connectivity index (χ3v) is 2.50. The lowest BCUT2D eigenvalue weighted by Crippen LogP contribution is -2.22. The van der Waals surface area contributed by atoms with Crippen LogP contribution in [0.2, 0.25) is 0 Å². The highest BCUT2D eigenvalue weighted by atomic mass is 79.9. The van der Waals surface area contributed by atoms with E-state index in [0.717, 1.165) is 21.2 Å². The molecule has 15 heavy (non-hydrogen) atoms. The number of nitrogen functional groups attached to an aromatic ring is 1. The first kappa shape index (κ1) is 11.7. The molecule has 0 saturated carbocycles. The third-order valence-electron chi connectivity index (χ3n) is 1.92. The summed E-state index contributed by atoms with van der Waals surface area (Å²) in [7, 11) is 1.81. The van der Waals surface area contributed by atoms with E-state index in [4.69, 9.17) is 5.84 Å². The molecule has 0 aliphatic carbocycles. The van der Waals surface area contributed by atoms with Gasteiger partial charge in [0.05, 0.1) is 16.1 Å². The topological polar surface area (TPSA) is 112 Å². The monoisotopic (exact) mass is 274 g/mol. The molecule has 6 N–H and O–H groups in total. The average Bonchev–Trinajstić information content (AvgIpc) is 2.63. The molecule has 0 bridgehead atoms. The summed E-state index contributed by atoms with van der Waals surface area (Å²) >= 11 is 3.38. The molecule has 0 aliphatic heterocycles. The number of hydrazine groups is 1. The highest BCUT2D eigenvalue weighted by Crippen LogP contribution is 2.26. The molecule has 2 heterocycles. The van der Waals surface area contributed by atoms with Crippen LogP contribution in [0.25, 0.3) is 10.9 Å². The molecule has 2 rings (SSSR count). The number of nitrogens with one attached hydrogen (secondary N) is 2. The SMILES string of the molecule is CNc1ncc(Br)c2c1cnn2NN.O. The van der Waals surface area contributed by atoms with Gasteiger partial charge in [0.25, 0.3) is 0 Å². The minimum atomic E-state index is 0. The average molecular weight is 275 g/mol. The number of hydrogen-bond donors (Lipinski definition) is 3. The fraction of sp³-hybridized carbons (Fsp3) is 0.143. The van der Waals surface area contributed by atoms with Gasteiger partial charge >= 0.3 is 0 Å². The van der Waals surface area contributed by atoms with Gasteiger partial charge in [-0.3, -0.25) is 0 Å². The second-order valence-electron chi connectivity index (χ2n) is 2.65. The number of pyridine rings is 1. The lowest BCUT2D eigenvalue weighted by molar-refractivity contribution is 0.778. The van der Waals surface area contributed by atoms with Crippen LogP contribution in [0.1, 0.15) is 0 Å². The first-order valence-corrected chi connectivity index (χ1v) is 4.74. The zero-order valence-corrected chi connectivity index (χ0v) is 9.54. The minimum Gasteiger partial charge on any atom is -0.412 e. The summed E-state index contributed by atoms with van der Waals surface area (Å²) < 4.78 is 0.835. The summed E-state index contributed by atoms with van der Waals surface area (Å²) in [4.78, 5) is 5.67. The Bertz CT molecular complexity index is 470. The summed E-state index contributed by atoms with van der Waals surface area (Å²) in [6.45, 7) is 0. The van der Waals surface area contributed by atoms with Crippen molar-refractivity contribution in [3.05, 3.63) is 16.9 Å². The van der Waals surface area contributed by atoms with E-state index in [1.807, 2.05) is 7.05 Å². The smallest absolute Gasteiger partial charge is 0.136 e. The first-order chi connectivity index (χ1) is 6.77. The van der Waals surface area contributed by atoms with Crippen molar-refractivity contribution >= 4 is 32.7 Å². The molecule has 2 aromatic rings. The number of nitrogens with zero attached hydrogens (tertiary/aromatic N) is 3. The van der Waals surface area contributed by atoms with E-state index >= 15 is 0 Å². The summed E-state index contributed by atoms with van der Waals surface area (Å²) in [6.07, 6.45) is 3.39. The van der Waals surface area contributed by atoms with E-state index in [9.17, 15) is 0 Å². The molecule has 7 nitrogen and oxygen atoms in total. The van der Waals surface area contributed by atoms with Crippen LogP contribution in [0.5, 0.6) is 0 Å². The predicted octanol–water partition coefficient (Wildman–Crippen LogP) is -0.172. The molecule has 2 aromatic heterocycles. The molecule has 0 spiro atoms. The fourth-order valence-corrected chi connectivity index (χ4v) is 1.78. The number of rotatable bonds is 2. The Kier molecular flexibility index (Phi) is 3.45. The van der Waals surface area contributed by atoms with E-state index in [0.29, 0.717) is 0 Å². The van der Waals surface area contributed by atoms with Crippen molar-refractivity contribution in [1.82, 2.24) is 14.9 Å². The van der Waals surface area contributed by atoms with E-state index in [1.54, 1.807) is 12.4 Å². The van der Waals surface area contributed by atoms with Crippen molar-refractivity contribution in [2.75, 3.05) is 17.9 Å². The van der Waals surface area contributed by atoms with Gasteiger partial charge in [0.1, 0.15) is 11.3 Å². The molecular formula is C7H11BrN6O. The Morgan fingerprint density at radius 3 is 2.80 bits per heavy atom. The number of halogens is 1. The maximum Gasteiger partial charge on any atom is 0.136 e. The molecule has 0 radical (unpaired) electrons. The van der Waals surface area contributed by atoms with Gasteiger partial charge in [-0.1, -0.05) is 0 Å². The molecule has 0 aliphatic rings. The van der Waals surface area contributed by atoms with Crippen molar-refractivity contribution in [2.24, 2.45) is 5.84 Å². The predicted molar refractivity (Wildman–Crippen MR) is 61.9 cm³/mol. The van der Waals surface area contributed by atoms with Gasteiger partial charge in [-0.25, -0.2) is 16.4 Å². The van der Waals surface area contributed by atoms with Crippen LogP contribution >= 0.6 is 15.9 Å². The van der Waals surface area contributed by atoms with Crippen molar-refractivity contribution in [3.8, 4) is 0 Å². The quantitative estimate of drug-likeness (QED) is 0.520. The zero-order chi connectivity index (χ0) is 10.1. The number of nitrogens with two attached hydrogens (primary N) is 1. The summed E-state index contributed by atoms with van der Waals surface area (Å²) in [5, 5.41) is 7.94. The zero-order valence-electron chi connectivity index (χ0n) is 7.95. The molecule has 0 amide bonds. The number of anilines is 1. The standard InChI is InChI=1S/C7H9BrN6.H2O/c1-10-7-4-2-12-14(13-9)6(4)5(8)3-11-7;/h2-3,13H,9H2,1H3,(H,10,11);1H2. The lowest BCUT2D eigenvalue weighted by atomic mass is 10.3. The third kappa shape index (κ3) is 1.74. The summed E-state index contributed by atoms with van der Waals surface area (Å²) in [5.41, 5.74) is 3.32. The number of hydrogen-bond acceptors (Lipinski definition) is 5. The summed E-state index contributed by atoms with van der Waals surface area (Å²) in [6, 6.07) is 0. The Balaban J connectivity index is 0.00000112. The van der Waals surface area contributed by atoms with E-state index in [2.05, 4.69) is 36.9 Å². The molecule has 0 aromatic carbocycles. The summed E-state index contributed by atoms with van der Waals surface area (Å²) in [5.74, 6) is 6.08. The number of fused-ring (bicyclic) bond motifs is 1. The van der Waals surface area contributed by atoms with E-state index in [1.165, 1.54) is 4.79 Å². The van der Waals surface area contributed by atoms with Gasteiger partial charge in [-0.05, 0) is 15.9 Å². The molecule has 82 valence electrons. The van der Waals surface area contributed by atoms with Gasteiger partial charge < -0.3 is 10.8 Å². The minimum absolute atomic E-state index is 0. The van der Waals surface area contributed by atoms with Crippen LogP contribution in [0.3, 0.4) is 0 Å². The van der Waals surface area contributed by atoms with Gasteiger partial charge in [-0.2, -0.15) is 9.89 Å². The first-order valence-electron chi connectivity index (χ1n) is 3.94. The Morgan fingerprint density at radius 2 is 2.20 bits per heavy atom.